The average molecular weight is 388 g/mol. The second-order valence-corrected chi connectivity index (χ2v) is 9.13. The Balaban J connectivity index is 1.34. The van der Waals surface area contributed by atoms with Gasteiger partial charge in [0.15, 0.2) is 5.69 Å². The van der Waals surface area contributed by atoms with Crippen LogP contribution < -0.4 is 5.32 Å². The van der Waals surface area contributed by atoms with Gasteiger partial charge in [0.05, 0.1) is 0 Å². The first-order chi connectivity index (χ1) is 13.5. The molecule has 2 aliphatic carbocycles. The number of nitrogens with one attached hydrogen (secondary N) is 1. The molecule has 154 valence electrons. The quantitative estimate of drug-likeness (QED) is 0.828. The third-order valence-corrected chi connectivity index (χ3v) is 7.15. The van der Waals surface area contributed by atoms with Crippen molar-refractivity contribution in [1.82, 2.24) is 15.4 Å². The summed E-state index contributed by atoms with van der Waals surface area (Å²) in [5.74, 6) is 1.47. The molecule has 2 heterocycles. The van der Waals surface area contributed by atoms with Gasteiger partial charge >= 0.3 is 0 Å². The number of rotatable bonds is 5. The van der Waals surface area contributed by atoms with Gasteiger partial charge in [-0.1, -0.05) is 31.3 Å². The molecule has 28 heavy (non-hydrogen) atoms. The molecular weight excluding hydrogens is 354 g/mol. The minimum absolute atomic E-state index is 0.0801. The van der Waals surface area contributed by atoms with E-state index in [0.717, 1.165) is 57.3 Å². The van der Waals surface area contributed by atoms with Crippen LogP contribution in [0.25, 0.3) is 0 Å². The number of piperidine rings is 1. The Morgan fingerprint density at radius 3 is 2.64 bits per heavy atom. The van der Waals surface area contributed by atoms with Crippen molar-refractivity contribution in [3.05, 3.63) is 17.5 Å². The van der Waals surface area contributed by atoms with Crippen LogP contribution in [0.5, 0.6) is 0 Å². The van der Waals surface area contributed by atoms with Crippen molar-refractivity contribution in [3.63, 3.8) is 0 Å². The van der Waals surface area contributed by atoms with E-state index in [2.05, 4.69) is 29.2 Å². The van der Waals surface area contributed by atoms with Gasteiger partial charge in [0.25, 0.3) is 5.91 Å². The lowest BCUT2D eigenvalue weighted by Gasteiger charge is -2.45. The van der Waals surface area contributed by atoms with E-state index >= 15 is 0 Å². The molecule has 3 fully saturated rings. The molecule has 6 nitrogen and oxygen atoms in total. The van der Waals surface area contributed by atoms with Gasteiger partial charge in [-0.25, -0.2) is 0 Å². The molecule has 1 unspecified atom stereocenters. The fourth-order valence-corrected chi connectivity index (χ4v) is 5.07. The van der Waals surface area contributed by atoms with Crippen molar-refractivity contribution in [2.24, 2.45) is 5.41 Å². The van der Waals surface area contributed by atoms with Gasteiger partial charge in [0, 0.05) is 36.0 Å². The molecule has 0 spiro atoms. The highest BCUT2D eigenvalue weighted by Crippen LogP contribution is 2.42. The van der Waals surface area contributed by atoms with Gasteiger partial charge in [-0.3, -0.25) is 9.59 Å². The van der Waals surface area contributed by atoms with Crippen molar-refractivity contribution >= 4 is 11.8 Å². The summed E-state index contributed by atoms with van der Waals surface area (Å²) in [4.78, 5) is 28.0. The smallest absolute Gasteiger partial charge is 0.273 e. The minimum Gasteiger partial charge on any atom is -0.360 e. The first-order valence-electron chi connectivity index (χ1n) is 11.1. The third kappa shape index (κ3) is 3.83. The van der Waals surface area contributed by atoms with Crippen molar-refractivity contribution in [1.29, 1.82) is 0 Å². The number of hydrogen-bond donors (Lipinski definition) is 1. The molecule has 2 saturated carbocycles. The summed E-state index contributed by atoms with van der Waals surface area (Å²) < 4.78 is 5.30. The Morgan fingerprint density at radius 2 is 2.00 bits per heavy atom. The van der Waals surface area contributed by atoms with Crippen molar-refractivity contribution in [2.75, 3.05) is 6.54 Å². The molecule has 3 aliphatic rings. The number of carbonyl (C=O) groups excluding carboxylic acids is 2. The highest BCUT2D eigenvalue weighted by atomic mass is 16.5. The van der Waals surface area contributed by atoms with Crippen LogP contribution in [-0.2, 0) is 4.79 Å². The zero-order chi connectivity index (χ0) is 19.7. The Bertz CT molecular complexity index is 718. The van der Waals surface area contributed by atoms with Gasteiger partial charge in [0.2, 0.25) is 5.91 Å². The van der Waals surface area contributed by atoms with Crippen molar-refractivity contribution < 1.29 is 14.1 Å². The Labute approximate surface area is 167 Å². The predicted octanol–water partition coefficient (Wildman–Crippen LogP) is 4.02. The third-order valence-electron chi connectivity index (χ3n) is 7.15. The monoisotopic (exact) mass is 387 g/mol. The van der Waals surface area contributed by atoms with Crippen LogP contribution >= 0.6 is 0 Å². The van der Waals surface area contributed by atoms with Crippen LogP contribution in [0.2, 0.25) is 0 Å². The van der Waals surface area contributed by atoms with Crippen LogP contribution in [-0.4, -0.2) is 40.5 Å². The van der Waals surface area contributed by atoms with Crippen LogP contribution in [0, 0.1) is 5.41 Å². The largest absolute Gasteiger partial charge is 0.360 e. The Morgan fingerprint density at radius 1 is 1.25 bits per heavy atom. The lowest BCUT2D eigenvalue weighted by molar-refractivity contribution is -0.148. The molecule has 1 saturated heterocycles. The van der Waals surface area contributed by atoms with Crippen molar-refractivity contribution in [3.8, 4) is 0 Å². The van der Waals surface area contributed by atoms with Crippen LogP contribution in [0.3, 0.4) is 0 Å². The van der Waals surface area contributed by atoms with E-state index < -0.39 is 0 Å². The summed E-state index contributed by atoms with van der Waals surface area (Å²) in [6, 6.07) is 2.01. The first kappa shape index (κ1) is 19.5. The molecule has 1 aliphatic heterocycles. The maximum atomic E-state index is 13.4. The predicted molar refractivity (Wildman–Crippen MR) is 106 cm³/mol. The number of nitrogens with zero attached hydrogens (tertiary/aromatic N) is 2. The van der Waals surface area contributed by atoms with E-state index in [1.165, 1.54) is 19.3 Å². The van der Waals surface area contributed by atoms with E-state index in [1.54, 1.807) is 6.07 Å². The molecule has 6 heteroatoms. The molecule has 4 rings (SSSR count). The summed E-state index contributed by atoms with van der Waals surface area (Å²) in [7, 11) is 0. The van der Waals surface area contributed by atoms with E-state index in [0.29, 0.717) is 17.5 Å². The molecule has 2 atom stereocenters. The molecule has 1 aromatic heterocycles. The van der Waals surface area contributed by atoms with E-state index in [-0.39, 0.29) is 23.4 Å². The molecule has 0 bridgehead atoms. The number of amides is 2. The van der Waals surface area contributed by atoms with Crippen LogP contribution in [0.4, 0.5) is 0 Å². The maximum absolute atomic E-state index is 13.4. The number of likely N-dealkylation sites (tertiary alicyclic amines) is 1. The van der Waals surface area contributed by atoms with E-state index in [1.807, 2.05) is 0 Å². The summed E-state index contributed by atoms with van der Waals surface area (Å²) in [6.07, 6.45) is 10.4. The molecule has 1 N–H and O–H groups in total. The summed E-state index contributed by atoms with van der Waals surface area (Å²) in [5, 5.41) is 7.04. The first-order valence-corrected chi connectivity index (χ1v) is 11.1. The molecule has 0 aromatic carbocycles. The molecule has 0 radical (unpaired) electrons. The number of aromatic nitrogens is 1. The second-order valence-electron chi connectivity index (χ2n) is 9.13. The summed E-state index contributed by atoms with van der Waals surface area (Å²) in [5.41, 5.74) is 0.225. The van der Waals surface area contributed by atoms with Gasteiger partial charge < -0.3 is 14.7 Å². The normalized spacial score (nSPS) is 27.4. The number of hydrogen-bond acceptors (Lipinski definition) is 4. The zero-order valence-electron chi connectivity index (χ0n) is 17.2. The topological polar surface area (TPSA) is 75.4 Å². The minimum atomic E-state index is -0.162. The van der Waals surface area contributed by atoms with E-state index in [9.17, 15) is 9.59 Å². The SMILES string of the molecule is CCC1(C(=O)N2CCC(NC(=O)c3cc(C4CC4)on3)C[C@@H]2C)CCCCC1. The lowest BCUT2D eigenvalue weighted by atomic mass is 9.70. The van der Waals surface area contributed by atoms with Gasteiger partial charge in [-0.05, 0) is 51.9 Å². The second kappa shape index (κ2) is 7.88. The fourth-order valence-electron chi connectivity index (χ4n) is 5.07. The molecule has 2 amide bonds. The Kier molecular flexibility index (Phi) is 5.48. The summed E-state index contributed by atoms with van der Waals surface area (Å²) >= 11 is 0. The van der Waals surface area contributed by atoms with Gasteiger partial charge in [-0.15, -0.1) is 0 Å². The van der Waals surface area contributed by atoms with Crippen LogP contribution in [0.15, 0.2) is 10.6 Å². The molecular formula is C22H33N3O3. The van der Waals surface area contributed by atoms with Gasteiger partial charge in [0.1, 0.15) is 5.76 Å². The molecule has 1 aromatic rings. The van der Waals surface area contributed by atoms with Crippen molar-refractivity contribution in [2.45, 2.75) is 96.1 Å². The highest BCUT2D eigenvalue weighted by molar-refractivity contribution is 5.92. The highest BCUT2D eigenvalue weighted by Gasteiger charge is 2.43. The average Bonchev–Trinajstić information content (AvgIpc) is 3.44. The number of carbonyl (C=O) groups is 2. The summed E-state index contributed by atoms with van der Waals surface area (Å²) in [6.45, 7) is 5.00. The zero-order valence-corrected chi connectivity index (χ0v) is 17.2. The lowest BCUT2D eigenvalue weighted by Crippen LogP contribution is -2.55. The standard InChI is InChI=1S/C22H33N3O3/c1-3-22(10-5-4-6-11-22)21(27)25-12-9-17(13-15(25)2)23-20(26)18-14-19(28-24-18)16-7-8-16/h14-17H,3-13H2,1-2H3,(H,23,26)/t15-,17?/m0/s1. The fraction of sp³-hybridized carbons (Fsp3) is 0.773. The van der Waals surface area contributed by atoms with Gasteiger partial charge in [-0.2, -0.15) is 0 Å². The maximum Gasteiger partial charge on any atom is 0.273 e. The van der Waals surface area contributed by atoms with E-state index in [4.69, 9.17) is 4.52 Å². The van der Waals surface area contributed by atoms with Crippen LogP contribution in [0.1, 0.15) is 100 Å². The Hall–Kier alpha value is -1.85.